The highest BCUT2D eigenvalue weighted by molar-refractivity contribution is 5.77. The van der Waals surface area contributed by atoms with Gasteiger partial charge in [-0.1, -0.05) is 6.92 Å². The van der Waals surface area contributed by atoms with Gasteiger partial charge in [-0.15, -0.1) is 0 Å². The second-order valence-electron chi connectivity index (χ2n) is 5.68. The van der Waals surface area contributed by atoms with Gasteiger partial charge in [0.15, 0.2) is 0 Å². The third-order valence-electron chi connectivity index (χ3n) is 3.71. The molecule has 0 bridgehead atoms. The molecule has 0 aromatic carbocycles. The van der Waals surface area contributed by atoms with Gasteiger partial charge in [0.1, 0.15) is 0 Å². The first-order valence-corrected chi connectivity index (χ1v) is 6.48. The standard InChI is InChI=1S/C13H26N2O/c1-11(7-9-14)5-6-12(16)15-10-4-8-13(15,2)3/h11H,4-10,14H2,1-3H3. The summed E-state index contributed by atoms with van der Waals surface area (Å²) in [5, 5.41) is 0. The number of hydrogen-bond acceptors (Lipinski definition) is 2. The van der Waals surface area contributed by atoms with Gasteiger partial charge in [-0.3, -0.25) is 4.79 Å². The fraction of sp³-hybridized carbons (Fsp3) is 0.923. The maximum atomic E-state index is 12.1. The lowest BCUT2D eigenvalue weighted by Crippen LogP contribution is -2.42. The molecule has 0 aliphatic carbocycles. The van der Waals surface area contributed by atoms with Crippen molar-refractivity contribution in [1.82, 2.24) is 4.90 Å². The first kappa shape index (κ1) is 13.5. The number of likely N-dealkylation sites (tertiary alicyclic amines) is 1. The van der Waals surface area contributed by atoms with Gasteiger partial charge in [-0.25, -0.2) is 0 Å². The van der Waals surface area contributed by atoms with Gasteiger partial charge in [-0.2, -0.15) is 0 Å². The molecule has 16 heavy (non-hydrogen) atoms. The molecular formula is C13H26N2O. The number of carbonyl (C=O) groups excluding carboxylic acids is 1. The summed E-state index contributed by atoms with van der Waals surface area (Å²) in [6.07, 6.45) is 4.97. The zero-order valence-electron chi connectivity index (χ0n) is 11.0. The van der Waals surface area contributed by atoms with Crippen molar-refractivity contribution in [3.8, 4) is 0 Å². The Bertz CT molecular complexity index is 238. The van der Waals surface area contributed by atoms with Gasteiger partial charge < -0.3 is 10.6 Å². The molecule has 1 saturated heterocycles. The molecule has 1 amide bonds. The van der Waals surface area contributed by atoms with E-state index in [9.17, 15) is 4.79 Å². The Hall–Kier alpha value is -0.570. The van der Waals surface area contributed by atoms with E-state index in [1.807, 2.05) is 0 Å². The lowest BCUT2D eigenvalue weighted by Gasteiger charge is -2.32. The summed E-state index contributed by atoms with van der Waals surface area (Å²) in [5.74, 6) is 0.894. The molecule has 1 heterocycles. The van der Waals surface area contributed by atoms with Crippen LogP contribution in [0, 0.1) is 5.92 Å². The molecule has 0 radical (unpaired) electrons. The average molecular weight is 226 g/mol. The molecule has 0 aromatic rings. The maximum Gasteiger partial charge on any atom is 0.223 e. The molecular weight excluding hydrogens is 200 g/mol. The van der Waals surface area contributed by atoms with Crippen molar-refractivity contribution >= 4 is 5.91 Å². The lowest BCUT2D eigenvalue weighted by molar-refractivity contribution is -0.134. The first-order valence-electron chi connectivity index (χ1n) is 6.48. The average Bonchev–Trinajstić information content (AvgIpc) is 2.55. The number of nitrogens with two attached hydrogens (primary N) is 1. The third-order valence-corrected chi connectivity index (χ3v) is 3.71. The molecule has 1 atom stereocenters. The fourth-order valence-corrected chi connectivity index (χ4v) is 2.50. The van der Waals surface area contributed by atoms with Crippen LogP contribution < -0.4 is 5.73 Å². The van der Waals surface area contributed by atoms with Crippen molar-refractivity contribution < 1.29 is 4.79 Å². The largest absolute Gasteiger partial charge is 0.338 e. The molecule has 2 N–H and O–H groups in total. The SMILES string of the molecule is CC(CCN)CCC(=O)N1CCCC1(C)C. The Morgan fingerprint density at radius 2 is 2.12 bits per heavy atom. The Kier molecular flexibility index (Phi) is 4.78. The van der Waals surface area contributed by atoms with Crippen molar-refractivity contribution in [3.63, 3.8) is 0 Å². The predicted octanol–water partition coefficient (Wildman–Crippen LogP) is 2.15. The number of nitrogens with zero attached hydrogens (tertiary/aromatic N) is 1. The highest BCUT2D eigenvalue weighted by Gasteiger charge is 2.34. The van der Waals surface area contributed by atoms with Crippen LogP contribution in [0.1, 0.15) is 52.9 Å². The molecule has 1 aliphatic rings. The Morgan fingerprint density at radius 1 is 1.44 bits per heavy atom. The smallest absolute Gasteiger partial charge is 0.223 e. The van der Waals surface area contributed by atoms with Crippen LogP contribution in [0.15, 0.2) is 0 Å². The van der Waals surface area contributed by atoms with Crippen molar-refractivity contribution in [3.05, 3.63) is 0 Å². The van der Waals surface area contributed by atoms with Crippen LogP contribution >= 0.6 is 0 Å². The van der Waals surface area contributed by atoms with E-state index in [2.05, 4.69) is 25.7 Å². The summed E-state index contributed by atoms with van der Waals surface area (Å²) in [7, 11) is 0. The van der Waals surface area contributed by atoms with Gasteiger partial charge in [0.25, 0.3) is 0 Å². The van der Waals surface area contributed by atoms with Crippen LogP contribution in [0.25, 0.3) is 0 Å². The minimum absolute atomic E-state index is 0.0776. The van der Waals surface area contributed by atoms with Gasteiger partial charge in [0.05, 0.1) is 0 Å². The van der Waals surface area contributed by atoms with Crippen LogP contribution in [0.2, 0.25) is 0 Å². The summed E-state index contributed by atoms with van der Waals surface area (Å²) in [6.45, 7) is 8.18. The molecule has 94 valence electrons. The molecule has 3 nitrogen and oxygen atoms in total. The third kappa shape index (κ3) is 3.48. The Balaban J connectivity index is 2.35. The van der Waals surface area contributed by atoms with Crippen LogP contribution in [-0.2, 0) is 4.79 Å². The second kappa shape index (κ2) is 5.67. The second-order valence-corrected chi connectivity index (χ2v) is 5.68. The molecule has 0 spiro atoms. The molecule has 0 aromatic heterocycles. The minimum Gasteiger partial charge on any atom is -0.338 e. The van der Waals surface area contributed by atoms with Gasteiger partial charge in [0, 0.05) is 18.5 Å². The van der Waals surface area contributed by atoms with Crippen molar-refractivity contribution in [2.24, 2.45) is 11.7 Å². The van der Waals surface area contributed by atoms with Gasteiger partial charge in [-0.05, 0) is 52.0 Å². The zero-order chi connectivity index (χ0) is 12.2. The van der Waals surface area contributed by atoms with Crippen molar-refractivity contribution in [2.45, 2.75) is 58.4 Å². The van der Waals surface area contributed by atoms with Crippen LogP contribution in [0.4, 0.5) is 0 Å². The zero-order valence-corrected chi connectivity index (χ0v) is 11.0. The molecule has 1 aliphatic heterocycles. The number of rotatable bonds is 5. The normalized spacial score (nSPS) is 21.1. The Morgan fingerprint density at radius 3 is 2.62 bits per heavy atom. The predicted molar refractivity (Wildman–Crippen MR) is 67.1 cm³/mol. The Labute approximate surface area is 99.4 Å². The monoisotopic (exact) mass is 226 g/mol. The maximum absolute atomic E-state index is 12.1. The van der Waals surface area contributed by atoms with E-state index in [0.717, 1.165) is 38.8 Å². The number of carbonyl (C=O) groups is 1. The molecule has 0 saturated carbocycles. The molecule has 3 heteroatoms. The van der Waals surface area contributed by atoms with E-state index in [0.29, 0.717) is 18.2 Å². The van der Waals surface area contributed by atoms with E-state index >= 15 is 0 Å². The highest BCUT2D eigenvalue weighted by atomic mass is 16.2. The summed E-state index contributed by atoms with van der Waals surface area (Å²) in [5.41, 5.74) is 5.58. The van der Waals surface area contributed by atoms with Crippen LogP contribution in [-0.4, -0.2) is 29.4 Å². The van der Waals surface area contributed by atoms with E-state index in [1.54, 1.807) is 0 Å². The summed E-state index contributed by atoms with van der Waals surface area (Å²) >= 11 is 0. The molecule has 1 fully saturated rings. The van der Waals surface area contributed by atoms with E-state index in [1.165, 1.54) is 0 Å². The van der Waals surface area contributed by atoms with Gasteiger partial charge in [0.2, 0.25) is 5.91 Å². The molecule has 1 unspecified atom stereocenters. The highest BCUT2D eigenvalue weighted by Crippen LogP contribution is 2.29. The molecule has 1 rings (SSSR count). The van der Waals surface area contributed by atoms with Crippen molar-refractivity contribution in [2.75, 3.05) is 13.1 Å². The minimum atomic E-state index is 0.0776. The summed E-state index contributed by atoms with van der Waals surface area (Å²) in [4.78, 5) is 14.1. The van der Waals surface area contributed by atoms with Crippen LogP contribution in [0.3, 0.4) is 0 Å². The van der Waals surface area contributed by atoms with E-state index < -0.39 is 0 Å². The quantitative estimate of drug-likeness (QED) is 0.781. The number of amides is 1. The van der Waals surface area contributed by atoms with E-state index in [-0.39, 0.29) is 5.54 Å². The first-order chi connectivity index (χ1) is 7.47. The summed E-state index contributed by atoms with van der Waals surface area (Å²) < 4.78 is 0. The van der Waals surface area contributed by atoms with Gasteiger partial charge >= 0.3 is 0 Å². The lowest BCUT2D eigenvalue weighted by atomic mass is 9.99. The topological polar surface area (TPSA) is 46.3 Å². The van der Waals surface area contributed by atoms with Crippen molar-refractivity contribution in [1.29, 1.82) is 0 Å². The summed E-state index contributed by atoms with van der Waals surface area (Å²) in [6, 6.07) is 0. The fourth-order valence-electron chi connectivity index (χ4n) is 2.50. The number of hydrogen-bond donors (Lipinski definition) is 1. The van der Waals surface area contributed by atoms with Crippen LogP contribution in [0.5, 0.6) is 0 Å². The van der Waals surface area contributed by atoms with E-state index in [4.69, 9.17) is 5.73 Å².